The van der Waals surface area contributed by atoms with E-state index in [4.69, 9.17) is 0 Å². The molecule has 0 radical (unpaired) electrons. The predicted octanol–water partition coefficient (Wildman–Crippen LogP) is 5.24. The number of nitrogens with zero attached hydrogens (tertiary/aromatic N) is 1. The summed E-state index contributed by atoms with van der Waals surface area (Å²) in [7, 11) is 0. The zero-order valence-electron chi connectivity index (χ0n) is 20.2. The van der Waals surface area contributed by atoms with Gasteiger partial charge in [0.1, 0.15) is 0 Å². The van der Waals surface area contributed by atoms with Crippen molar-refractivity contribution in [3.05, 3.63) is 23.8 Å². The van der Waals surface area contributed by atoms with Crippen molar-refractivity contribution >= 4 is 5.91 Å². The average Bonchev–Trinajstić information content (AvgIpc) is 3.40. The maximum Gasteiger partial charge on any atom is 0.223 e. The zero-order valence-corrected chi connectivity index (χ0v) is 20.2. The highest BCUT2D eigenvalue weighted by atomic mass is 16.3. The number of carbonyl (C=O) groups is 1. The molecule has 0 spiro atoms. The molecule has 0 aromatic rings. The largest absolute Gasteiger partial charge is 0.392 e. The van der Waals surface area contributed by atoms with Crippen LogP contribution in [0.15, 0.2) is 23.8 Å². The molecular formula is C27H45NO3. The summed E-state index contributed by atoms with van der Waals surface area (Å²) in [5.41, 5.74) is 1.51. The topological polar surface area (TPSA) is 60.8 Å². The SMILES string of the molecule is CC(C)N(C(=O)CCCCC1=C[C@H]2C[C@@H](O)[C@H](C=C[C@@H](O)C3CCCC3)[C@H]2C1)C(C)C. The van der Waals surface area contributed by atoms with Crippen molar-refractivity contribution in [3.63, 3.8) is 0 Å². The van der Waals surface area contributed by atoms with Crippen LogP contribution in [0.3, 0.4) is 0 Å². The van der Waals surface area contributed by atoms with Gasteiger partial charge in [-0.05, 0) is 90.4 Å². The molecule has 4 heteroatoms. The maximum absolute atomic E-state index is 12.5. The van der Waals surface area contributed by atoms with E-state index in [-0.39, 0.29) is 36.1 Å². The van der Waals surface area contributed by atoms with E-state index >= 15 is 0 Å². The minimum Gasteiger partial charge on any atom is -0.392 e. The van der Waals surface area contributed by atoms with E-state index in [0.29, 0.717) is 24.2 Å². The summed E-state index contributed by atoms with van der Waals surface area (Å²) in [6, 6.07) is 0.515. The van der Waals surface area contributed by atoms with Gasteiger partial charge in [-0.25, -0.2) is 0 Å². The van der Waals surface area contributed by atoms with Crippen LogP contribution >= 0.6 is 0 Å². The van der Waals surface area contributed by atoms with Crippen LogP contribution in [-0.4, -0.2) is 45.3 Å². The second kappa shape index (κ2) is 11.1. The molecule has 0 saturated heterocycles. The fourth-order valence-corrected chi connectivity index (χ4v) is 6.42. The lowest BCUT2D eigenvalue weighted by atomic mass is 9.88. The van der Waals surface area contributed by atoms with E-state index < -0.39 is 0 Å². The first-order valence-corrected chi connectivity index (χ1v) is 12.8. The molecule has 2 saturated carbocycles. The van der Waals surface area contributed by atoms with E-state index in [1.165, 1.54) is 18.4 Å². The Morgan fingerprint density at radius 2 is 1.84 bits per heavy atom. The molecule has 0 heterocycles. The Morgan fingerprint density at radius 3 is 2.48 bits per heavy atom. The Hall–Kier alpha value is -1.13. The van der Waals surface area contributed by atoms with Gasteiger partial charge in [-0.3, -0.25) is 4.79 Å². The van der Waals surface area contributed by atoms with Gasteiger partial charge in [-0.15, -0.1) is 0 Å². The van der Waals surface area contributed by atoms with Crippen molar-refractivity contribution < 1.29 is 15.0 Å². The molecule has 0 bridgehead atoms. The van der Waals surface area contributed by atoms with Gasteiger partial charge < -0.3 is 15.1 Å². The first-order valence-electron chi connectivity index (χ1n) is 12.8. The van der Waals surface area contributed by atoms with Crippen LogP contribution in [0.25, 0.3) is 0 Å². The third-order valence-electron chi connectivity index (χ3n) is 7.90. The Balaban J connectivity index is 1.43. The summed E-state index contributed by atoms with van der Waals surface area (Å²) in [4.78, 5) is 14.5. The molecule has 3 rings (SSSR count). The van der Waals surface area contributed by atoms with Crippen molar-refractivity contribution in [2.24, 2.45) is 23.7 Å². The van der Waals surface area contributed by atoms with Gasteiger partial charge in [-0.1, -0.05) is 36.6 Å². The lowest BCUT2D eigenvalue weighted by Gasteiger charge is -2.30. The van der Waals surface area contributed by atoms with Crippen molar-refractivity contribution in [2.75, 3.05) is 0 Å². The third-order valence-corrected chi connectivity index (χ3v) is 7.90. The molecule has 31 heavy (non-hydrogen) atoms. The minimum absolute atomic E-state index is 0.169. The second-order valence-corrected chi connectivity index (χ2v) is 10.9. The summed E-state index contributed by atoms with van der Waals surface area (Å²) < 4.78 is 0. The van der Waals surface area contributed by atoms with E-state index in [9.17, 15) is 15.0 Å². The molecule has 3 aliphatic rings. The molecule has 5 atom stereocenters. The Bertz CT molecular complexity index is 639. The van der Waals surface area contributed by atoms with Crippen molar-refractivity contribution in [1.29, 1.82) is 0 Å². The highest BCUT2D eigenvalue weighted by Gasteiger charge is 2.43. The smallest absolute Gasteiger partial charge is 0.223 e. The zero-order chi connectivity index (χ0) is 22.5. The number of unbranched alkanes of at least 4 members (excludes halogenated alkanes) is 1. The van der Waals surface area contributed by atoms with E-state index in [2.05, 4.69) is 39.8 Å². The van der Waals surface area contributed by atoms with Crippen LogP contribution in [0.2, 0.25) is 0 Å². The van der Waals surface area contributed by atoms with Crippen LogP contribution < -0.4 is 0 Å². The molecular weight excluding hydrogens is 386 g/mol. The predicted molar refractivity (Wildman–Crippen MR) is 126 cm³/mol. The van der Waals surface area contributed by atoms with E-state index in [1.54, 1.807) is 0 Å². The molecule has 1 amide bonds. The second-order valence-electron chi connectivity index (χ2n) is 10.9. The van der Waals surface area contributed by atoms with E-state index in [0.717, 1.165) is 44.9 Å². The number of allylic oxidation sites excluding steroid dienone is 2. The Morgan fingerprint density at radius 1 is 1.16 bits per heavy atom. The van der Waals surface area contributed by atoms with Crippen LogP contribution in [0.4, 0.5) is 0 Å². The summed E-state index contributed by atoms with van der Waals surface area (Å²) >= 11 is 0. The number of hydrogen-bond donors (Lipinski definition) is 2. The summed E-state index contributed by atoms with van der Waals surface area (Å²) in [5, 5.41) is 21.0. The fraction of sp³-hybridized carbons (Fsp3) is 0.815. The van der Waals surface area contributed by atoms with E-state index in [1.807, 2.05) is 11.0 Å². The maximum atomic E-state index is 12.5. The van der Waals surface area contributed by atoms with Crippen LogP contribution in [0.5, 0.6) is 0 Å². The highest BCUT2D eigenvalue weighted by Crippen LogP contribution is 2.48. The Kier molecular flexibility index (Phi) is 8.81. The number of hydrogen-bond acceptors (Lipinski definition) is 3. The number of aliphatic hydroxyl groups is 2. The summed E-state index contributed by atoms with van der Waals surface area (Å²) in [5.74, 6) is 1.81. The molecule has 0 unspecified atom stereocenters. The molecule has 2 N–H and O–H groups in total. The van der Waals surface area contributed by atoms with Gasteiger partial charge in [0.15, 0.2) is 0 Å². The first-order chi connectivity index (χ1) is 14.8. The van der Waals surface area contributed by atoms with Gasteiger partial charge in [0.05, 0.1) is 12.2 Å². The number of aliphatic hydroxyl groups excluding tert-OH is 2. The molecule has 0 aliphatic heterocycles. The lowest BCUT2D eigenvalue weighted by molar-refractivity contribution is -0.134. The van der Waals surface area contributed by atoms with Crippen LogP contribution in [-0.2, 0) is 4.79 Å². The molecule has 3 aliphatic carbocycles. The molecule has 176 valence electrons. The third kappa shape index (κ3) is 6.22. The molecule has 0 aromatic heterocycles. The minimum atomic E-state index is -0.351. The van der Waals surface area contributed by atoms with Gasteiger partial charge in [0.2, 0.25) is 5.91 Å². The van der Waals surface area contributed by atoms with Crippen molar-refractivity contribution in [3.8, 4) is 0 Å². The van der Waals surface area contributed by atoms with Gasteiger partial charge in [0.25, 0.3) is 0 Å². The Labute approximate surface area is 189 Å². The monoisotopic (exact) mass is 431 g/mol. The summed E-state index contributed by atoms with van der Waals surface area (Å²) in [6.07, 6.45) is 16.2. The van der Waals surface area contributed by atoms with Crippen LogP contribution in [0, 0.1) is 23.7 Å². The quantitative estimate of drug-likeness (QED) is 0.367. The van der Waals surface area contributed by atoms with Crippen LogP contribution in [0.1, 0.15) is 91.9 Å². The normalized spacial score (nSPS) is 29.9. The molecule has 2 fully saturated rings. The highest BCUT2D eigenvalue weighted by molar-refractivity contribution is 5.76. The van der Waals surface area contributed by atoms with Gasteiger partial charge in [-0.2, -0.15) is 0 Å². The standard InChI is InChI=1S/C27H45NO3/c1-18(2)28(19(3)4)27(31)12-8-5-9-20-15-22-17-26(30)23(24(22)16-20)13-14-25(29)21-10-6-7-11-21/h13-15,18-19,21-26,29-30H,5-12,16-17H2,1-4H3/t22-,23+,24-,25+,26+/m0/s1. The summed E-state index contributed by atoms with van der Waals surface area (Å²) in [6.45, 7) is 8.36. The number of carbonyl (C=O) groups excluding carboxylic acids is 1. The van der Waals surface area contributed by atoms with Crippen molar-refractivity contribution in [2.45, 2.75) is 116 Å². The number of rotatable bonds is 10. The number of amides is 1. The van der Waals surface area contributed by atoms with Gasteiger partial charge in [0, 0.05) is 24.4 Å². The van der Waals surface area contributed by atoms with Crippen molar-refractivity contribution in [1.82, 2.24) is 4.90 Å². The number of fused-ring (bicyclic) bond motifs is 1. The lowest BCUT2D eigenvalue weighted by Crippen LogP contribution is -2.41. The fourth-order valence-electron chi connectivity index (χ4n) is 6.42. The average molecular weight is 432 g/mol. The molecule has 0 aromatic carbocycles. The first kappa shape index (κ1) is 24.5. The molecule has 4 nitrogen and oxygen atoms in total. The van der Waals surface area contributed by atoms with Gasteiger partial charge >= 0.3 is 0 Å².